The average molecular weight is 281 g/mol. The molecule has 0 aromatic heterocycles. The molecular formula is C15H21ClN2O. The maximum atomic E-state index is 12.4. The number of nitrogens with zero attached hydrogens (tertiary/aromatic N) is 1. The number of rotatable bonds is 2. The van der Waals surface area contributed by atoms with Gasteiger partial charge < -0.3 is 10.6 Å². The van der Waals surface area contributed by atoms with Gasteiger partial charge in [-0.15, -0.1) is 0 Å². The molecule has 19 heavy (non-hydrogen) atoms. The summed E-state index contributed by atoms with van der Waals surface area (Å²) in [5, 5.41) is 0.445. The van der Waals surface area contributed by atoms with Gasteiger partial charge in [-0.25, -0.2) is 0 Å². The highest BCUT2D eigenvalue weighted by Gasteiger charge is 2.22. The molecule has 2 rings (SSSR count). The van der Waals surface area contributed by atoms with Gasteiger partial charge in [-0.05, 0) is 31.0 Å². The highest BCUT2D eigenvalue weighted by Crippen LogP contribution is 2.24. The monoisotopic (exact) mass is 280 g/mol. The zero-order valence-corrected chi connectivity index (χ0v) is 12.1. The molecule has 1 aliphatic carbocycles. The molecule has 1 fully saturated rings. The minimum atomic E-state index is 0.0359. The summed E-state index contributed by atoms with van der Waals surface area (Å²) >= 11 is 5.98. The van der Waals surface area contributed by atoms with Gasteiger partial charge in [0, 0.05) is 18.7 Å². The first-order valence-corrected chi connectivity index (χ1v) is 7.29. The maximum Gasteiger partial charge on any atom is 0.253 e. The first kappa shape index (κ1) is 14.2. The van der Waals surface area contributed by atoms with Crippen molar-refractivity contribution in [2.45, 2.75) is 44.6 Å². The summed E-state index contributed by atoms with van der Waals surface area (Å²) in [5.41, 5.74) is 6.80. The number of carbonyl (C=O) groups excluding carboxylic acids is 1. The predicted molar refractivity (Wildman–Crippen MR) is 79.4 cm³/mol. The Kier molecular flexibility index (Phi) is 4.70. The molecule has 0 bridgehead atoms. The van der Waals surface area contributed by atoms with Crippen LogP contribution < -0.4 is 5.73 Å². The Morgan fingerprint density at radius 2 is 1.89 bits per heavy atom. The summed E-state index contributed by atoms with van der Waals surface area (Å²) in [6.45, 7) is 0. The number of hydrogen-bond acceptors (Lipinski definition) is 2. The minimum absolute atomic E-state index is 0.0359. The van der Waals surface area contributed by atoms with E-state index in [1.54, 1.807) is 18.2 Å². The van der Waals surface area contributed by atoms with Crippen molar-refractivity contribution in [3.63, 3.8) is 0 Å². The molecule has 0 spiro atoms. The molecule has 1 aromatic rings. The summed E-state index contributed by atoms with van der Waals surface area (Å²) in [7, 11) is 1.89. The van der Waals surface area contributed by atoms with Crippen LogP contribution in [0.2, 0.25) is 5.02 Å². The Morgan fingerprint density at radius 3 is 2.47 bits per heavy atom. The lowest BCUT2D eigenvalue weighted by Crippen LogP contribution is -2.36. The lowest BCUT2D eigenvalue weighted by atomic mass is 10.1. The van der Waals surface area contributed by atoms with Gasteiger partial charge in [-0.3, -0.25) is 4.79 Å². The largest absolute Gasteiger partial charge is 0.398 e. The maximum absolute atomic E-state index is 12.4. The standard InChI is InChI=1S/C15H21ClN2O/c1-18(12-6-4-2-3-5-7-12)15(19)11-8-9-14(17)13(16)10-11/h8-10,12H,2-7,17H2,1H3. The number of nitrogens with two attached hydrogens (primary N) is 1. The van der Waals surface area contributed by atoms with Crippen LogP contribution in [0.5, 0.6) is 0 Å². The van der Waals surface area contributed by atoms with Gasteiger partial charge in [-0.1, -0.05) is 37.3 Å². The van der Waals surface area contributed by atoms with E-state index >= 15 is 0 Å². The van der Waals surface area contributed by atoms with Gasteiger partial charge >= 0.3 is 0 Å². The fourth-order valence-electron chi connectivity index (χ4n) is 2.67. The molecule has 0 saturated heterocycles. The Balaban J connectivity index is 2.10. The van der Waals surface area contributed by atoms with E-state index in [1.165, 1.54) is 25.7 Å². The number of carbonyl (C=O) groups is 1. The highest BCUT2D eigenvalue weighted by molar-refractivity contribution is 6.33. The van der Waals surface area contributed by atoms with Crippen LogP contribution in [-0.2, 0) is 0 Å². The van der Waals surface area contributed by atoms with Crippen molar-refractivity contribution in [2.75, 3.05) is 12.8 Å². The number of nitrogen functional groups attached to an aromatic ring is 1. The van der Waals surface area contributed by atoms with E-state index in [0.717, 1.165) is 12.8 Å². The van der Waals surface area contributed by atoms with Gasteiger partial charge in [0.25, 0.3) is 5.91 Å². The summed E-state index contributed by atoms with van der Waals surface area (Å²) in [5.74, 6) is 0.0359. The second-order valence-corrected chi connectivity index (χ2v) is 5.70. The van der Waals surface area contributed by atoms with Gasteiger partial charge in [0.1, 0.15) is 0 Å². The van der Waals surface area contributed by atoms with Gasteiger partial charge in [0.15, 0.2) is 0 Å². The molecule has 0 radical (unpaired) electrons. The van der Waals surface area contributed by atoms with Crippen LogP contribution in [0.15, 0.2) is 18.2 Å². The molecular weight excluding hydrogens is 260 g/mol. The summed E-state index contributed by atoms with van der Waals surface area (Å²) < 4.78 is 0. The van der Waals surface area contributed by atoms with Crippen LogP contribution in [0.1, 0.15) is 48.9 Å². The molecule has 0 unspecified atom stereocenters. The van der Waals surface area contributed by atoms with E-state index in [-0.39, 0.29) is 5.91 Å². The fraction of sp³-hybridized carbons (Fsp3) is 0.533. The smallest absolute Gasteiger partial charge is 0.253 e. The molecule has 2 N–H and O–H groups in total. The van der Waals surface area contributed by atoms with E-state index < -0.39 is 0 Å². The third kappa shape index (κ3) is 3.41. The molecule has 1 aliphatic rings. The first-order valence-electron chi connectivity index (χ1n) is 6.92. The Labute approximate surface area is 119 Å². The lowest BCUT2D eigenvalue weighted by Gasteiger charge is -2.27. The van der Waals surface area contributed by atoms with Crippen LogP contribution in [0.3, 0.4) is 0 Å². The molecule has 4 heteroatoms. The predicted octanol–water partition coefficient (Wildman–Crippen LogP) is 3.72. The quantitative estimate of drug-likeness (QED) is 0.663. The van der Waals surface area contributed by atoms with Crippen LogP contribution in [0.25, 0.3) is 0 Å². The van der Waals surface area contributed by atoms with Crippen LogP contribution >= 0.6 is 11.6 Å². The van der Waals surface area contributed by atoms with Crippen molar-refractivity contribution in [2.24, 2.45) is 0 Å². The van der Waals surface area contributed by atoms with E-state index in [2.05, 4.69) is 0 Å². The van der Waals surface area contributed by atoms with Gasteiger partial charge in [-0.2, -0.15) is 0 Å². The van der Waals surface area contributed by atoms with Crippen molar-refractivity contribution in [1.29, 1.82) is 0 Å². The van der Waals surface area contributed by atoms with Crippen molar-refractivity contribution < 1.29 is 4.79 Å². The zero-order valence-electron chi connectivity index (χ0n) is 11.4. The molecule has 1 saturated carbocycles. The van der Waals surface area contributed by atoms with Crippen molar-refractivity contribution in [1.82, 2.24) is 4.90 Å². The van der Waals surface area contributed by atoms with E-state index in [0.29, 0.717) is 22.3 Å². The summed E-state index contributed by atoms with van der Waals surface area (Å²) in [6.07, 6.45) is 7.20. The molecule has 0 atom stereocenters. The number of hydrogen-bond donors (Lipinski definition) is 1. The average Bonchev–Trinajstić information content (AvgIpc) is 2.69. The number of amides is 1. The third-order valence-electron chi connectivity index (χ3n) is 3.94. The Morgan fingerprint density at radius 1 is 1.26 bits per heavy atom. The summed E-state index contributed by atoms with van der Waals surface area (Å²) in [4.78, 5) is 14.3. The second-order valence-electron chi connectivity index (χ2n) is 5.30. The van der Waals surface area contributed by atoms with Crippen LogP contribution in [0, 0.1) is 0 Å². The van der Waals surface area contributed by atoms with E-state index in [4.69, 9.17) is 17.3 Å². The van der Waals surface area contributed by atoms with E-state index in [1.807, 2.05) is 11.9 Å². The van der Waals surface area contributed by atoms with Crippen LogP contribution in [0.4, 0.5) is 5.69 Å². The number of anilines is 1. The van der Waals surface area contributed by atoms with Crippen molar-refractivity contribution in [3.05, 3.63) is 28.8 Å². The Hall–Kier alpha value is -1.22. The molecule has 1 amide bonds. The van der Waals surface area contributed by atoms with Gasteiger partial charge in [0.2, 0.25) is 0 Å². The SMILES string of the molecule is CN(C(=O)c1ccc(N)c(Cl)c1)C1CCCCCC1. The highest BCUT2D eigenvalue weighted by atomic mass is 35.5. The number of benzene rings is 1. The van der Waals surface area contributed by atoms with Gasteiger partial charge in [0.05, 0.1) is 10.7 Å². The second kappa shape index (κ2) is 6.29. The normalized spacial score (nSPS) is 16.9. The topological polar surface area (TPSA) is 46.3 Å². The molecule has 0 heterocycles. The van der Waals surface area contributed by atoms with Crippen LogP contribution in [-0.4, -0.2) is 23.9 Å². The summed E-state index contributed by atoms with van der Waals surface area (Å²) in [6, 6.07) is 5.45. The number of halogens is 1. The molecule has 1 aromatic carbocycles. The Bertz CT molecular complexity index is 453. The first-order chi connectivity index (χ1) is 9.09. The third-order valence-corrected chi connectivity index (χ3v) is 4.27. The zero-order chi connectivity index (χ0) is 13.8. The van der Waals surface area contributed by atoms with Crippen molar-refractivity contribution >= 4 is 23.2 Å². The fourth-order valence-corrected chi connectivity index (χ4v) is 2.86. The van der Waals surface area contributed by atoms with Crippen molar-refractivity contribution in [3.8, 4) is 0 Å². The van der Waals surface area contributed by atoms with E-state index in [9.17, 15) is 4.79 Å². The molecule has 3 nitrogen and oxygen atoms in total. The lowest BCUT2D eigenvalue weighted by molar-refractivity contribution is 0.0718. The molecule has 0 aliphatic heterocycles. The molecule has 104 valence electrons. The minimum Gasteiger partial charge on any atom is -0.398 e.